The molecule has 0 saturated heterocycles. The Morgan fingerprint density at radius 2 is 1.94 bits per heavy atom. The minimum Gasteiger partial charge on any atom is -0.480 e. The Hall–Kier alpha value is -1.63. The van der Waals surface area contributed by atoms with Crippen LogP contribution >= 0.6 is 0 Å². The van der Waals surface area contributed by atoms with Crippen LogP contribution in [0, 0.1) is 5.82 Å². The van der Waals surface area contributed by atoms with E-state index in [0.29, 0.717) is 6.07 Å². The monoisotopic (exact) mass is 237 g/mol. The van der Waals surface area contributed by atoms with Crippen LogP contribution in [-0.2, 0) is 11.0 Å². The first kappa shape index (κ1) is 12.4. The Kier molecular flexibility index (Phi) is 3.18. The van der Waals surface area contributed by atoms with E-state index in [4.69, 9.17) is 10.8 Å². The lowest BCUT2D eigenvalue weighted by Crippen LogP contribution is -2.22. The van der Waals surface area contributed by atoms with E-state index in [0.717, 1.165) is 6.07 Å². The number of alkyl halides is 3. The minimum atomic E-state index is -4.67. The molecule has 0 amide bonds. The molecule has 88 valence electrons. The number of carbonyl (C=O) groups is 1. The molecule has 0 fully saturated rings. The van der Waals surface area contributed by atoms with Crippen LogP contribution in [0.25, 0.3) is 0 Å². The Balaban J connectivity index is 3.15. The fraction of sp³-hybridized carbons (Fsp3) is 0.222. The van der Waals surface area contributed by atoms with Crippen molar-refractivity contribution in [3.8, 4) is 0 Å². The largest absolute Gasteiger partial charge is 0.480 e. The molecule has 7 heteroatoms. The summed E-state index contributed by atoms with van der Waals surface area (Å²) in [5.41, 5.74) is 3.40. The van der Waals surface area contributed by atoms with Gasteiger partial charge in [-0.1, -0.05) is 6.07 Å². The van der Waals surface area contributed by atoms with Crippen molar-refractivity contribution in [1.29, 1.82) is 0 Å². The van der Waals surface area contributed by atoms with Gasteiger partial charge < -0.3 is 10.8 Å². The number of aliphatic carboxylic acids is 1. The van der Waals surface area contributed by atoms with Crippen LogP contribution in [0.15, 0.2) is 18.2 Å². The van der Waals surface area contributed by atoms with Crippen molar-refractivity contribution < 1.29 is 27.5 Å². The van der Waals surface area contributed by atoms with Crippen LogP contribution < -0.4 is 5.73 Å². The molecule has 0 unspecified atom stereocenters. The summed E-state index contributed by atoms with van der Waals surface area (Å²) in [5, 5.41) is 8.48. The van der Waals surface area contributed by atoms with E-state index in [2.05, 4.69) is 0 Å². The van der Waals surface area contributed by atoms with Crippen molar-refractivity contribution in [2.75, 3.05) is 0 Å². The predicted octanol–water partition coefficient (Wildman–Crippen LogP) is 1.93. The van der Waals surface area contributed by atoms with Gasteiger partial charge in [-0.25, -0.2) is 4.39 Å². The molecule has 0 spiro atoms. The molecule has 0 heterocycles. The average molecular weight is 237 g/mol. The van der Waals surface area contributed by atoms with E-state index in [1.807, 2.05) is 0 Å². The summed E-state index contributed by atoms with van der Waals surface area (Å²) in [4.78, 5) is 10.4. The third-order valence-corrected chi connectivity index (χ3v) is 1.93. The van der Waals surface area contributed by atoms with E-state index in [9.17, 15) is 22.4 Å². The molecular weight excluding hydrogens is 230 g/mol. The highest BCUT2D eigenvalue weighted by molar-refractivity contribution is 5.75. The molecule has 1 rings (SSSR count). The first-order valence-electron chi connectivity index (χ1n) is 4.08. The molecule has 0 saturated carbocycles. The third kappa shape index (κ3) is 2.48. The quantitative estimate of drug-likeness (QED) is 0.772. The molecule has 0 radical (unpaired) electrons. The van der Waals surface area contributed by atoms with E-state index in [1.165, 1.54) is 0 Å². The highest BCUT2D eigenvalue weighted by Gasteiger charge is 2.32. The highest BCUT2D eigenvalue weighted by atomic mass is 19.4. The van der Waals surface area contributed by atoms with E-state index < -0.39 is 35.1 Å². The van der Waals surface area contributed by atoms with Gasteiger partial charge in [-0.05, 0) is 12.1 Å². The van der Waals surface area contributed by atoms with Crippen molar-refractivity contribution in [1.82, 2.24) is 0 Å². The number of rotatable bonds is 2. The van der Waals surface area contributed by atoms with Crippen molar-refractivity contribution >= 4 is 5.97 Å². The molecular formula is C9H7F4NO2. The molecule has 3 nitrogen and oxygen atoms in total. The van der Waals surface area contributed by atoms with E-state index in [-0.39, 0.29) is 6.07 Å². The Labute approximate surface area is 87.5 Å². The number of benzene rings is 1. The van der Waals surface area contributed by atoms with Gasteiger partial charge in [-0.15, -0.1) is 0 Å². The van der Waals surface area contributed by atoms with Gasteiger partial charge in [0.1, 0.15) is 11.9 Å². The van der Waals surface area contributed by atoms with Crippen LogP contribution in [-0.4, -0.2) is 11.1 Å². The summed E-state index contributed by atoms with van der Waals surface area (Å²) in [6, 6.07) is -0.154. The smallest absolute Gasteiger partial charge is 0.416 e. The lowest BCUT2D eigenvalue weighted by atomic mass is 10.0. The van der Waals surface area contributed by atoms with Gasteiger partial charge in [0.05, 0.1) is 5.56 Å². The summed E-state index contributed by atoms with van der Waals surface area (Å²) >= 11 is 0. The number of halogens is 4. The topological polar surface area (TPSA) is 63.3 Å². The number of carboxylic acid groups (broad SMARTS) is 1. The number of hydrogen-bond acceptors (Lipinski definition) is 2. The maximum absolute atomic E-state index is 13.1. The Morgan fingerprint density at radius 1 is 1.38 bits per heavy atom. The average Bonchev–Trinajstić information content (AvgIpc) is 2.15. The van der Waals surface area contributed by atoms with Gasteiger partial charge in [-0.2, -0.15) is 13.2 Å². The lowest BCUT2D eigenvalue weighted by molar-refractivity contribution is -0.138. The summed E-state index contributed by atoms with van der Waals surface area (Å²) in [7, 11) is 0. The molecule has 0 aliphatic rings. The number of carboxylic acids is 1. The molecule has 1 atom stereocenters. The SMILES string of the molecule is N[C@H](C(=O)O)c1ccc(C(F)(F)F)cc1F. The lowest BCUT2D eigenvalue weighted by Gasteiger charge is -2.11. The zero-order valence-corrected chi connectivity index (χ0v) is 7.75. The van der Waals surface area contributed by atoms with Crippen LogP contribution in [0.3, 0.4) is 0 Å². The maximum atomic E-state index is 13.1. The normalized spacial score (nSPS) is 13.6. The summed E-state index contributed by atoms with van der Waals surface area (Å²) < 4.78 is 49.6. The number of hydrogen-bond donors (Lipinski definition) is 2. The van der Waals surface area contributed by atoms with Crippen LogP contribution in [0.5, 0.6) is 0 Å². The number of nitrogens with two attached hydrogens (primary N) is 1. The van der Waals surface area contributed by atoms with Gasteiger partial charge in [0.2, 0.25) is 0 Å². The molecule has 0 aliphatic heterocycles. The van der Waals surface area contributed by atoms with Gasteiger partial charge in [0.25, 0.3) is 0 Å². The summed E-state index contributed by atoms with van der Waals surface area (Å²) in [6.07, 6.45) is -4.67. The zero-order valence-electron chi connectivity index (χ0n) is 7.75. The third-order valence-electron chi connectivity index (χ3n) is 1.93. The van der Waals surface area contributed by atoms with Crippen molar-refractivity contribution in [3.63, 3.8) is 0 Å². The van der Waals surface area contributed by atoms with Crippen LogP contribution in [0.4, 0.5) is 17.6 Å². The van der Waals surface area contributed by atoms with E-state index in [1.54, 1.807) is 0 Å². The van der Waals surface area contributed by atoms with Gasteiger partial charge in [-0.3, -0.25) is 4.79 Å². The molecule has 3 N–H and O–H groups in total. The highest BCUT2D eigenvalue weighted by Crippen LogP contribution is 2.31. The molecule has 1 aromatic rings. The van der Waals surface area contributed by atoms with Crippen molar-refractivity contribution in [2.45, 2.75) is 12.2 Å². The molecule has 16 heavy (non-hydrogen) atoms. The van der Waals surface area contributed by atoms with Gasteiger partial charge >= 0.3 is 12.1 Å². The zero-order chi connectivity index (χ0) is 12.5. The maximum Gasteiger partial charge on any atom is 0.416 e. The predicted molar refractivity (Wildman–Crippen MR) is 46.0 cm³/mol. The second-order valence-corrected chi connectivity index (χ2v) is 3.05. The molecule has 0 aliphatic carbocycles. The second kappa shape index (κ2) is 4.09. The van der Waals surface area contributed by atoms with Crippen LogP contribution in [0.1, 0.15) is 17.2 Å². The Morgan fingerprint density at radius 3 is 2.31 bits per heavy atom. The van der Waals surface area contributed by atoms with E-state index >= 15 is 0 Å². The standard InChI is InChI=1S/C9H7F4NO2/c10-6-3-4(9(11,12)13)1-2-5(6)7(14)8(15)16/h1-3,7H,14H2,(H,15,16)/t7-/m0/s1. The summed E-state index contributed by atoms with van der Waals surface area (Å²) in [6.45, 7) is 0. The summed E-state index contributed by atoms with van der Waals surface area (Å²) in [5.74, 6) is -2.80. The molecule has 1 aromatic carbocycles. The van der Waals surface area contributed by atoms with Crippen LogP contribution in [0.2, 0.25) is 0 Å². The molecule has 0 bridgehead atoms. The fourth-order valence-corrected chi connectivity index (χ4v) is 1.09. The second-order valence-electron chi connectivity index (χ2n) is 3.05. The molecule has 0 aromatic heterocycles. The van der Waals surface area contributed by atoms with Gasteiger partial charge in [0.15, 0.2) is 0 Å². The fourth-order valence-electron chi connectivity index (χ4n) is 1.09. The first-order chi connectivity index (χ1) is 7.23. The van der Waals surface area contributed by atoms with Crippen molar-refractivity contribution in [2.24, 2.45) is 5.73 Å². The minimum absolute atomic E-state index is 0.220. The van der Waals surface area contributed by atoms with Gasteiger partial charge in [0, 0.05) is 5.56 Å². The first-order valence-corrected chi connectivity index (χ1v) is 4.08. The Bertz CT molecular complexity index is 416. The van der Waals surface area contributed by atoms with Crippen molar-refractivity contribution in [3.05, 3.63) is 35.1 Å².